The number of rotatable bonds is 10. The van der Waals surface area contributed by atoms with Gasteiger partial charge < -0.3 is 20.3 Å². The molecule has 0 spiro atoms. The van der Waals surface area contributed by atoms with Crippen molar-refractivity contribution in [2.75, 3.05) is 36.9 Å². The monoisotopic (exact) mass is 539 g/mol. The molecule has 0 radical (unpaired) electrons. The van der Waals surface area contributed by atoms with E-state index in [4.69, 9.17) is 4.74 Å². The van der Waals surface area contributed by atoms with Gasteiger partial charge in [-0.1, -0.05) is 61.9 Å². The summed E-state index contributed by atoms with van der Waals surface area (Å²) in [4.78, 5) is 27.4. The van der Waals surface area contributed by atoms with Crippen LogP contribution in [0.2, 0.25) is 0 Å². The number of unbranched alkanes of at least 4 members (excludes halogenated alkanes) is 1. The average Bonchev–Trinajstić information content (AvgIpc) is 3.55. The zero-order valence-electron chi connectivity index (χ0n) is 22.5. The van der Waals surface area contributed by atoms with Gasteiger partial charge in [0.2, 0.25) is 11.7 Å². The summed E-state index contributed by atoms with van der Waals surface area (Å²) in [6.07, 6.45) is 2.22. The van der Waals surface area contributed by atoms with E-state index < -0.39 is 0 Å². The molecule has 0 saturated carbocycles. The van der Waals surface area contributed by atoms with Crippen molar-refractivity contribution in [3.8, 4) is 22.5 Å². The molecule has 10 heteroatoms. The lowest BCUT2D eigenvalue weighted by atomic mass is 9.98. The van der Waals surface area contributed by atoms with Crippen molar-refractivity contribution in [1.29, 1.82) is 0 Å². The summed E-state index contributed by atoms with van der Waals surface area (Å²) in [6.45, 7) is 4.79. The van der Waals surface area contributed by atoms with Crippen LogP contribution in [-0.4, -0.2) is 63.6 Å². The number of morpholine rings is 1. The molecule has 0 atom stereocenters. The molecule has 3 N–H and O–H groups in total. The lowest BCUT2D eigenvalue weighted by Crippen LogP contribution is -2.40. The van der Waals surface area contributed by atoms with E-state index >= 15 is 0 Å². The van der Waals surface area contributed by atoms with Crippen molar-refractivity contribution < 1.29 is 14.3 Å². The fraction of sp³-hybridized carbons (Fsp3) is 0.300. The number of carbonyl (C=O) groups excluding carboxylic acids is 2. The SMILES string of the molecule is CCCCC(=O)Nc1ccc(C(=O)N2CCOCC2)cc1NCc1ccc(-c2ccccc2-c2nn[nH]n2)cc1. The topological polar surface area (TPSA) is 125 Å². The van der Waals surface area contributed by atoms with Crippen LogP contribution >= 0.6 is 0 Å². The first-order chi connectivity index (χ1) is 19.6. The first-order valence-electron chi connectivity index (χ1n) is 13.6. The van der Waals surface area contributed by atoms with Crippen molar-refractivity contribution in [3.05, 3.63) is 77.9 Å². The Morgan fingerprint density at radius 1 is 0.975 bits per heavy atom. The number of benzene rings is 3. The lowest BCUT2D eigenvalue weighted by Gasteiger charge is -2.27. The van der Waals surface area contributed by atoms with Gasteiger partial charge in [-0.25, -0.2) is 0 Å². The highest BCUT2D eigenvalue weighted by Crippen LogP contribution is 2.30. The van der Waals surface area contributed by atoms with Crippen LogP contribution in [0.15, 0.2) is 66.7 Å². The van der Waals surface area contributed by atoms with Gasteiger partial charge >= 0.3 is 0 Å². The minimum absolute atomic E-state index is 0.0400. The van der Waals surface area contributed by atoms with Crippen molar-refractivity contribution in [1.82, 2.24) is 25.5 Å². The summed E-state index contributed by atoms with van der Waals surface area (Å²) in [5.74, 6) is 0.461. The van der Waals surface area contributed by atoms with Gasteiger partial charge in [0.15, 0.2) is 0 Å². The highest BCUT2D eigenvalue weighted by Gasteiger charge is 2.20. The molecular weight excluding hydrogens is 506 g/mol. The molecule has 4 aromatic rings. The molecule has 40 heavy (non-hydrogen) atoms. The normalized spacial score (nSPS) is 13.2. The molecule has 2 amide bonds. The van der Waals surface area contributed by atoms with Crippen molar-refractivity contribution in [2.24, 2.45) is 0 Å². The second-order valence-corrected chi connectivity index (χ2v) is 9.65. The molecule has 1 aliphatic rings. The fourth-order valence-electron chi connectivity index (χ4n) is 4.64. The number of hydrogen-bond acceptors (Lipinski definition) is 7. The van der Waals surface area contributed by atoms with Gasteiger partial charge in [0, 0.05) is 37.2 Å². The maximum atomic E-state index is 13.1. The van der Waals surface area contributed by atoms with Gasteiger partial charge in [0.25, 0.3) is 5.91 Å². The first kappa shape index (κ1) is 27.0. The Labute approximate surface area is 233 Å². The zero-order chi connectivity index (χ0) is 27.7. The summed E-state index contributed by atoms with van der Waals surface area (Å²) in [6, 6.07) is 21.5. The van der Waals surface area contributed by atoms with Crippen molar-refractivity contribution in [3.63, 3.8) is 0 Å². The minimum Gasteiger partial charge on any atom is -0.379 e. The molecule has 1 aromatic heterocycles. The number of nitrogens with one attached hydrogen (secondary N) is 3. The molecule has 206 valence electrons. The molecule has 0 unspecified atom stereocenters. The van der Waals surface area contributed by atoms with Gasteiger partial charge in [-0.3, -0.25) is 9.59 Å². The molecule has 1 fully saturated rings. The standard InChI is InChI=1S/C30H33N7O3/c1-2-3-8-28(38)32-26-14-13-23(30(39)37-15-17-40-18-16-37)19-27(26)31-20-21-9-11-22(12-10-21)24-6-4-5-7-25(24)29-33-35-36-34-29/h4-7,9-14,19,31H,2-3,8,15-18,20H2,1H3,(H,32,38)(H,33,34,35,36). The number of tetrazole rings is 1. The number of aromatic amines is 1. The number of carbonyl (C=O) groups is 2. The number of anilines is 2. The third-order valence-corrected chi connectivity index (χ3v) is 6.86. The number of H-pyrrole nitrogens is 1. The highest BCUT2D eigenvalue weighted by atomic mass is 16.5. The summed E-state index contributed by atoms with van der Waals surface area (Å²) in [5, 5.41) is 20.9. The Bertz CT molecular complexity index is 1430. The summed E-state index contributed by atoms with van der Waals surface area (Å²) < 4.78 is 5.39. The molecule has 0 aliphatic carbocycles. The van der Waals surface area contributed by atoms with E-state index in [0.717, 1.165) is 35.1 Å². The molecule has 1 aliphatic heterocycles. The first-order valence-corrected chi connectivity index (χ1v) is 13.6. The van der Waals surface area contributed by atoms with Crippen molar-refractivity contribution >= 4 is 23.2 Å². The molecule has 10 nitrogen and oxygen atoms in total. The van der Waals surface area contributed by atoms with E-state index in [2.05, 4.69) is 62.4 Å². The van der Waals surface area contributed by atoms with Gasteiger partial charge in [-0.2, -0.15) is 5.21 Å². The Hall–Kier alpha value is -4.57. The summed E-state index contributed by atoms with van der Waals surface area (Å²) in [7, 11) is 0. The van der Waals surface area contributed by atoms with Gasteiger partial charge in [0.1, 0.15) is 0 Å². The van der Waals surface area contributed by atoms with E-state index in [0.29, 0.717) is 62.0 Å². The molecule has 2 heterocycles. The number of aromatic nitrogens is 4. The van der Waals surface area contributed by atoms with Gasteiger partial charge in [-0.05, 0) is 46.5 Å². The maximum Gasteiger partial charge on any atom is 0.254 e. The third kappa shape index (κ3) is 6.52. The number of hydrogen-bond donors (Lipinski definition) is 3. The Morgan fingerprint density at radius 2 is 1.75 bits per heavy atom. The quantitative estimate of drug-likeness (QED) is 0.266. The van der Waals surface area contributed by atoms with Crippen LogP contribution in [0, 0.1) is 0 Å². The fourth-order valence-corrected chi connectivity index (χ4v) is 4.64. The average molecular weight is 540 g/mol. The van der Waals surface area contributed by atoms with Crippen LogP contribution in [0.25, 0.3) is 22.5 Å². The van der Waals surface area contributed by atoms with E-state index in [1.165, 1.54) is 0 Å². The molecule has 1 saturated heterocycles. The van der Waals surface area contributed by atoms with E-state index in [1.54, 1.807) is 17.0 Å². The molecule has 0 bridgehead atoms. The van der Waals surface area contributed by atoms with E-state index in [-0.39, 0.29) is 11.8 Å². The van der Waals surface area contributed by atoms with E-state index in [9.17, 15) is 9.59 Å². The molecular formula is C30H33N7O3. The third-order valence-electron chi connectivity index (χ3n) is 6.86. The smallest absolute Gasteiger partial charge is 0.254 e. The Morgan fingerprint density at radius 3 is 2.48 bits per heavy atom. The molecule has 3 aromatic carbocycles. The number of nitrogens with zero attached hydrogens (tertiary/aromatic N) is 4. The van der Waals surface area contributed by atoms with Gasteiger partial charge in [0.05, 0.1) is 24.6 Å². The Kier molecular flexibility index (Phi) is 8.77. The second-order valence-electron chi connectivity index (χ2n) is 9.65. The van der Waals surface area contributed by atoms with Crippen LogP contribution in [0.4, 0.5) is 11.4 Å². The van der Waals surface area contributed by atoms with E-state index in [1.807, 2.05) is 30.3 Å². The predicted molar refractivity (Wildman–Crippen MR) is 154 cm³/mol. The lowest BCUT2D eigenvalue weighted by molar-refractivity contribution is -0.116. The minimum atomic E-state index is -0.0418. The highest BCUT2D eigenvalue weighted by molar-refractivity contribution is 5.99. The largest absolute Gasteiger partial charge is 0.379 e. The second kappa shape index (κ2) is 13.0. The number of amides is 2. The van der Waals surface area contributed by atoms with Gasteiger partial charge in [-0.15, -0.1) is 10.2 Å². The predicted octanol–water partition coefficient (Wildman–Crippen LogP) is 4.75. The van der Waals surface area contributed by atoms with Crippen LogP contribution in [0.3, 0.4) is 0 Å². The number of ether oxygens (including phenoxy) is 1. The summed E-state index contributed by atoms with van der Waals surface area (Å²) >= 11 is 0. The van der Waals surface area contributed by atoms with Crippen LogP contribution in [0.5, 0.6) is 0 Å². The Balaban J connectivity index is 1.34. The zero-order valence-corrected chi connectivity index (χ0v) is 22.5. The van der Waals surface area contributed by atoms with Crippen LogP contribution in [-0.2, 0) is 16.1 Å². The van der Waals surface area contributed by atoms with Crippen LogP contribution in [0.1, 0.15) is 42.1 Å². The van der Waals surface area contributed by atoms with Crippen LogP contribution < -0.4 is 10.6 Å². The molecule has 5 rings (SSSR count). The summed E-state index contributed by atoms with van der Waals surface area (Å²) in [5.41, 5.74) is 5.92. The van der Waals surface area contributed by atoms with Crippen molar-refractivity contribution in [2.45, 2.75) is 32.7 Å². The maximum absolute atomic E-state index is 13.1.